The van der Waals surface area contributed by atoms with Crippen LogP contribution in [0, 0.1) is 19.8 Å². The molecule has 3 rings (SSSR count). The summed E-state index contributed by atoms with van der Waals surface area (Å²) in [5.74, 6) is 0.586. The van der Waals surface area contributed by atoms with Crippen LogP contribution in [0.25, 0.3) is 10.9 Å². The van der Waals surface area contributed by atoms with E-state index in [2.05, 4.69) is 28.2 Å². The minimum Gasteiger partial charge on any atom is -0.383 e. The number of amides is 1. The van der Waals surface area contributed by atoms with Crippen molar-refractivity contribution in [2.24, 2.45) is 5.92 Å². The van der Waals surface area contributed by atoms with Gasteiger partial charge in [-0.3, -0.25) is 4.79 Å². The van der Waals surface area contributed by atoms with Crippen LogP contribution in [0.15, 0.2) is 18.2 Å². The van der Waals surface area contributed by atoms with Gasteiger partial charge in [0.2, 0.25) is 0 Å². The molecule has 0 radical (unpaired) electrons. The van der Waals surface area contributed by atoms with Crippen molar-refractivity contribution in [1.29, 1.82) is 0 Å². The van der Waals surface area contributed by atoms with Gasteiger partial charge in [0.1, 0.15) is 0 Å². The monoisotopic (exact) mass is 343 g/mol. The van der Waals surface area contributed by atoms with E-state index in [-0.39, 0.29) is 5.91 Å². The second-order valence-electron chi connectivity index (χ2n) is 7.09. The van der Waals surface area contributed by atoms with Gasteiger partial charge in [-0.25, -0.2) is 0 Å². The van der Waals surface area contributed by atoms with Crippen molar-refractivity contribution >= 4 is 16.8 Å². The minimum atomic E-state index is 0.0219. The van der Waals surface area contributed by atoms with E-state index in [9.17, 15) is 4.79 Å². The number of methoxy groups -OCH3 is 1. The molecule has 0 aliphatic carbocycles. The van der Waals surface area contributed by atoms with Crippen LogP contribution in [0.4, 0.5) is 0 Å². The fourth-order valence-electron chi connectivity index (χ4n) is 3.64. The maximum absolute atomic E-state index is 12.7. The lowest BCUT2D eigenvalue weighted by atomic mass is 9.96. The van der Waals surface area contributed by atoms with E-state index in [1.54, 1.807) is 7.11 Å². The van der Waals surface area contributed by atoms with Gasteiger partial charge in [0.25, 0.3) is 5.91 Å². The molecule has 0 saturated carbocycles. The summed E-state index contributed by atoms with van der Waals surface area (Å²) >= 11 is 0. The molecule has 2 heterocycles. The van der Waals surface area contributed by atoms with Crippen LogP contribution in [0.3, 0.4) is 0 Å². The molecule has 2 N–H and O–H groups in total. The molecule has 25 heavy (non-hydrogen) atoms. The highest BCUT2D eigenvalue weighted by atomic mass is 16.5. The predicted octanol–water partition coefficient (Wildman–Crippen LogP) is 2.87. The van der Waals surface area contributed by atoms with Crippen molar-refractivity contribution in [3.8, 4) is 0 Å². The number of H-pyrrole nitrogens is 1. The molecular weight excluding hydrogens is 314 g/mol. The summed E-state index contributed by atoms with van der Waals surface area (Å²) < 4.78 is 5.14. The van der Waals surface area contributed by atoms with Gasteiger partial charge in [0.05, 0.1) is 17.7 Å². The highest BCUT2D eigenvalue weighted by molar-refractivity contribution is 6.06. The Hall–Kier alpha value is -1.85. The number of piperidine rings is 1. The molecule has 1 amide bonds. The fourth-order valence-corrected chi connectivity index (χ4v) is 3.64. The number of rotatable bonds is 6. The molecular formula is C20H29N3O2. The van der Waals surface area contributed by atoms with Crippen molar-refractivity contribution in [3.05, 3.63) is 35.0 Å². The van der Waals surface area contributed by atoms with E-state index in [0.29, 0.717) is 5.92 Å². The van der Waals surface area contributed by atoms with Gasteiger partial charge in [-0.2, -0.15) is 0 Å². The fraction of sp³-hybridized carbons (Fsp3) is 0.550. The topological polar surface area (TPSA) is 57.4 Å². The van der Waals surface area contributed by atoms with E-state index in [0.717, 1.165) is 67.8 Å². The number of ether oxygens (including phenoxy) is 1. The first-order valence-electron chi connectivity index (χ1n) is 9.17. The number of hydrogen-bond acceptors (Lipinski definition) is 3. The number of carbonyl (C=O) groups is 1. The summed E-state index contributed by atoms with van der Waals surface area (Å²) in [4.78, 5) is 18.5. The minimum absolute atomic E-state index is 0.0219. The summed E-state index contributed by atoms with van der Waals surface area (Å²) in [6, 6.07) is 5.94. The van der Waals surface area contributed by atoms with Crippen molar-refractivity contribution in [2.45, 2.75) is 26.7 Å². The van der Waals surface area contributed by atoms with Crippen molar-refractivity contribution in [1.82, 2.24) is 15.2 Å². The summed E-state index contributed by atoms with van der Waals surface area (Å²) in [5, 5.41) is 4.28. The molecule has 1 fully saturated rings. The van der Waals surface area contributed by atoms with Gasteiger partial charge in [0.15, 0.2) is 0 Å². The average molecular weight is 343 g/mol. The highest BCUT2D eigenvalue weighted by Gasteiger charge is 2.20. The van der Waals surface area contributed by atoms with Crippen molar-refractivity contribution in [2.75, 3.05) is 39.9 Å². The van der Waals surface area contributed by atoms with Gasteiger partial charge in [0, 0.05) is 31.3 Å². The van der Waals surface area contributed by atoms with Crippen LogP contribution in [0.1, 0.15) is 34.5 Å². The second kappa shape index (κ2) is 8.02. The van der Waals surface area contributed by atoms with E-state index >= 15 is 0 Å². The molecule has 5 heteroatoms. The van der Waals surface area contributed by atoms with Crippen LogP contribution < -0.4 is 5.32 Å². The Morgan fingerprint density at radius 2 is 2.08 bits per heavy atom. The van der Waals surface area contributed by atoms with Gasteiger partial charge >= 0.3 is 0 Å². The number of nitrogens with zero attached hydrogens (tertiary/aromatic N) is 1. The number of nitrogens with one attached hydrogen (secondary N) is 2. The Morgan fingerprint density at radius 3 is 2.80 bits per heavy atom. The summed E-state index contributed by atoms with van der Waals surface area (Å²) in [7, 11) is 1.75. The standard InChI is InChI=1S/C20H29N3O2/c1-14-15(2)22-19-17(14)5-4-6-18(19)20(24)21-13-16-7-9-23(10-8-16)11-12-25-3/h4-6,16,22H,7-13H2,1-3H3,(H,21,24). The molecule has 0 unspecified atom stereocenters. The third kappa shape index (κ3) is 4.05. The van der Waals surface area contributed by atoms with Crippen LogP contribution in [-0.2, 0) is 4.74 Å². The molecule has 2 aromatic rings. The average Bonchev–Trinajstić information content (AvgIpc) is 2.93. The maximum atomic E-state index is 12.7. The molecule has 136 valence electrons. The largest absolute Gasteiger partial charge is 0.383 e. The van der Waals surface area contributed by atoms with E-state index in [1.165, 1.54) is 5.56 Å². The first-order chi connectivity index (χ1) is 12.1. The lowest BCUT2D eigenvalue weighted by molar-refractivity contribution is 0.0927. The van der Waals surface area contributed by atoms with Gasteiger partial charge in [-0.05, 0) is 57.3 Å². The Morgan fingerprint density at radius 1 is 1.32 bits per heavy atom. The number of benzene rings is 1. The number of aromatic amines is 1. The third-order valence-electron chi connectivity index (χ3n) is 5.46. The number of para-hydroxylation sites is 1. The number of aryl methyl sites for hydroxylation is 2. The predicted molar refractivity (Wildman–Crippen MR) is 101 cm³/mol. The summed E-state index contributed by atoms with van der Waals surface area (Å²) in [5.41, 5.74) is 4.03. The summed E-state index contributed by atoms with van der Waals surface area (Å²) in [6.07, 6.45) is 2.27. The Labute approximate surface area is 149 Å². The van der Waals surface area contributed by atoms with Gasteiger partial charge in [-0.15, -0.1) is 0 Å². The van der Waals surface area contributed by atoms with E-state index < -0.39 is 0 Å². The lowest BCUT2D eigenvalue weighted by Crippen LogP contribution is -2.39. The van der Waals surface area contributed by atoms with Gasteiger partial charge in [-0.1, -0.05) is 12.1 Å². The SMILES string of the molecule is COCCN1CCC(CNC(=O)c2cccc3c(C)c(C)[nH]c23)CC1. The number of likely N-dealkylation sites (tertiary alicyclic amines) is 1. The maximum Gasteiger partial charge on any atom is 0.253 e. The van der Waals surface area contributed by atoms with Crippen LogP contribution in [0.2, 0.25) is 0 Å². The van der Waals surface area contributed by atoms with Crippen molar-refractivity contribution in [3.63, 3.8) is 0 Å². The molecule has 1 aliphatic rings. The molecule has 5 nitrogen and oxygen atoms in total. The zero-order valence-electron chi connectivity index (χ0n) is 15.5. The van der Waals surface area contributed by atoms with E-state index in [1.807, 2.05) is 19.1 Å². The third-order valence-corrected chi connectivity index (χ3v) is 5.46. The molecule has 1 saturated heterocycles. The Balaban J connectivity index is 1.56. The Kier molecular flexibility index (Phi) is 5.76. The lowest BCUT2D eigenvalue weighted by Gasteiger charge is -2.31. The molecule has 1 aromatic carbocycles. The van der Waals surface area contributed by atoms with Crippen LogP contribution in [0.5, 0.6) is 0 Å². The first-order valence-corrected chi connectivity index (χ1v) is 9.17. The number of fused-ring (bicyclic) bond motifs is 1. The number of aromatic nitrogens is 1. The Bertz CT molecular complexity index is 730. The normalized spacial score (nSPS) is 16.4. The van der Waals surface area contributed by atoms with Crippen LogP contribution in [-0.4, -0.2) is 55.7 Å². The number of carbonyl (C=O) groups excluding carboxylic acids is 1. The zero-order valence-corrected chi connectivity index (χ0v) is 15.5. The van der Waals surface area contributed by atoms with Crippen molar-refractivity contribution < 1.29 is 9.53 Å². The molecule has 0 spiro atoms. The molecule has 0 atom stereocenters. The molecule has 1 aliphatic heterocycles. The van der Waals surface area contributed by atoms with Crippen LogP contribution >= 0.6 is 0 Å². The zero-order chi connectivity index (χ0) is 17.8. The summed E-state index contributed by atoms with van der Waals surface area (Å²) in [6.45, 7) is 8.88. The molecule has 1 aromatic heterocycles. The first kappa shape index (κ1) is 18.0. The molecule has 0 bridgehead atoms. The highest BCUT2D eigenvalue weighted by Crippen LogP contribution is 2.24. The smallest absolute Gasteiger partial charge is 0.253 e. The quantitative estimate of drug-likeness (QED) is 0.848. The second-order valence-corrected chi connectivity index (χ2v) is 7.09. The number of hydrogen-bond donors (Lipinski definition) is 2. The van der Waals surface area contributed by atoms with E-state index in [4.69, 9.17) is 4.74 Å². The van der Waals surface area contributed by atoms with Gasteiger partial charge < -0.3 is 19.9 Å².